The summed E-state index contributed by atoms with van der Waals surface area (Å²) in [6.07, 6.45) is 0.534. The molecule has 0 saturated carbocycles. The fourth-order valence-corrected chi connectivity index (χ4v) is 1.63. The molecule has 0 heterocycles. The van der Waals surface area contributed by atoms with E-state index < -0.39 is 11.8 Å². The van der Waals surface area contributed by atoms with E-state index in [4.69, 9.17) is 0 Å². The molecule has 0 saturated heterocycles. The van der Waals surface area contributed by atoms with E-state index in [1.165, 1.54) is 6.07 Å². The number of carbonyl (C=O) groups is 2. The largest absolute Gasteiger partial charge is 0.462 e. The van der Waals surface area contributed by atoms with Crippen LogP contribution in [0.2, 0.25) is 0 Å². The molecule has 0 unspecified atom stereocenters. The third kappa shape index (κ3) is 2.41. The van der Waals surface area contributed by atoms with Crippen LogP contribution in [0.15, 0.2) is 16.6 Å². The Hall–Kier alpha value is -1.23. The van der Waals surface area contributed by atoms with Crippen molar-refractivity contribution in [2.75, 3.05) is 6.61 Å². The molecule has 0 amide bonds. The molecule has 0 aliphatic carbocycles. The molecule has 0 aliphatic rings. The van der Waals surface area contributed by atoms with Crippen LogP contribution in [0.1, 0.15) is 27.6 Å². The van der Waals surface area contributed by atoms with Gasteiger partial charge < -0.3 is 4.74 Å². The number of ether oxygens (including phenoxy) is 1. The van der Waals surface area contributed by atoms with Gasteiger partial charge in [-0.15, -0.1) is 0 Å². The van der Waals surface area contributed by atoms with Crippen molar-refractivity contribution in [2.45, 2.75) is 6.92 Å². The van der Waals surface area contributed by atoms with Gasteiger partial charge in [-0.3, -0.25) is 4.79 Å². The van der Waals surface area contributed by atoms with Crippen LogP contribution in [0, 0.1) is 5.82 Å². The smallest absolute Gasteiger partial charge is 0.342 e. The van der Waals surface area contributed by atoms with E-state index >= 15 is 0 Å². The van der Waals surface area contributed by atoms with Crippen LogP contribution in [0.4, 0.5) is 4.39 Å². The molecule has 5 heteroatoms. The van der Waals surface area contributed by atoms with Crippen LogP contribution in [0.3, 0.4) is 0 Å². The fourth-order valence-electron chi connectivity index (χ4n) is 1.05. The molecule has 0 atom stereocenters. The van der Waals surface area contributed by atoms with Crippen molar-refractivity contribution in [3.63, 3.8) is 0 Å². The molecule has 0 aliphatic heterocycles. The molecule has 0 spiro atoms. The Kier molecular flexibility index (Phi) is 3.96. The number of aldehydes is 1. The van der Waals surface area contributed by atoms with Gasteiger partial charge >= 0.3 is 5.97 Å². The predicted octanol–water partition coefficient (Wildman–Crippen LogP) is 2.58. The van der Waals surface area contributed by atoms with Crippen molar-refractivity contribution in [1.82, 2.24) is 0 Å². The highest BCUT2D eigenvalue weighted by Gasteiger charge is 2.19. The molecular formula is C10H8BrFO3. The Labute approximate surface area is 94.4 Å². The number of halogens is 2. The zero-order chi connectivity index (χ0) is 11.4. The Bertz CT molecular complexity index is 404. The maximum Gasteiger partial charge on any atom is 0.342 e. The molecule has 0 bridgehead atoms. The first-order valence-corrected chi connectivity index (χ1v) is 5.01. The van der Waals surface area contributed by atoms with Crippen LogP contribution in [-0.2, 0) is 4.74 Å². The minimum Gasteiger partial charge on any atom is -0.462 e. The standard InChI is InChI=1S/C10H8BrFO3/c1-2-15-10(14)8-7(12)4-3-6(5-13)9(8)11/h3-5H,2H2,1H3. The second-order valence-electron chi connectivity index (χ2n) is 2.66. The third-order valence-electron chi connectivity index (χ3n) is 1.73. The maximum atomic E-state index is 13.3. The van der Waals surface area contributed by atoms with E-state index in [1.807, 2.05) is 0 Å². The second-order valence-corrected chi connectivity index (χ2v) is 3.46. The highest BCUT2D eigenvalue weighted by Crippen LogP contribution is 2.24. The van der Waals surface area contributed by atoms with Gasteiger partial charge in [0.05, 0.1) is 6.61 Å². The topological polar surface area (TPSA) is 43.4 Å². The van der Waals surface area contributed by atoms with Gasteiger partial charge in [0.25, 0.3) is 0 Å². The molecule has 0 aromatic heterocycles. The molecule has 0 N–H and O–H groups in total. The van der Waals surface area contributed by atoms with E-state index in [0.717, 1.165) is 6.07 Å². The number of benzene rings is 1. The van der Waals surface area contributed by atoms with Crippen molar-refractivity contribution in [1.29, 1.82) is 0 Å². The van der Waals surface area contributed by atoms with Gasteiger partial charge in [-0.2, -0.15) is 0 Å². The van der Waals surface area contributed by atoms with Gasteiger partial charge in [0.2, 0.25) is 0 Å². The number of esters is 1. The SMILES string of the molecule is CCOC(=O)c1c(F)ccc(C=O)c1Br. The van der Waals surface area contributed by atoms with Crippen LogP contribution < -0.4 is 0 Å². The van der Waals surface area contributed by atoms with Gasteiger partial charge in [-0.25, -0.2) is 9.18 Å². The second kappa shape index (κ2) is 5.02. The molecular weight excluding hydrogens is 267 g/mol. The van der Waals surface area contributed by atoms with Crippen LogP contribution in [-0.4, -0.2) is 18.9 Å². The van der Waals surface area contributed by atoms with Crippen molar-refractivity contribution >= 4 is 28.2 Å². The summed E-state index contributed by atoms with van der Waals surface area (Å²) >= 11 is 2.99. The van der Waals surface area contributed by atoms with E-state index in [1.54, 1.807) is 6.92 Å². The monoisotopic (exact) mass is 274 g/mol. The lowest BCUT2D eigenvalue weighted by atomic mass is 10.1. The minimum atomic E-state index is -0.787. The minimum absolute atomic E-state index is 0.121. The zero-order valence-electron chi connectivity index (χ0n) is 7.92. The number of hydrogen-bond acceptors (Lipinski definition) is 3. The highest BCUT2D eigenvalue weighted by atomic mass is 79.9. The summed E-state index contributed by atoms with van der Waals surface area (Å²) in [6.45, 7) is 1.77. The van der Waals surface area contributed by atoms with E-state index in [0.29, 0.717) is 6.29 Å². The first-order valence-electron chi connectivity index (χ1n) is 4.22. The summed E-state index contributed by atoms with van der Waals surface area (Å²) in [5, 5.41) is 0. The molecule has 1 aromatic rings. The van der Waals surface area contributed by atoms with Crippen LogP contribution >= 0.6 is 15.9 Å². The Morgan fingerprint density at radius 2 is 2.27 bits per heavy atom. The van der Waals surface area contributed by atoms with Crippen molar-refractivity contribution in [2.24, 2.45) is 0 Å². The van der Waals surface area contributed by atoms with Gasteiger partial charge in [0.15, 0.2) is 6.29 Å². The molecule has 15 heavy (non-hydrogen) atoms. The van der Waals surface area contributed by atoms with Crippen molar-refractivity contribution < 1.29 is 18.7 Å². The van der Waals surface area contributed by atoms with Crippen molar-refractivity contribution in [3.8, 4) is 0 Å². The maximum absolute atomic E-state index is 13.3. The quantitative estimate of drug-likeness (QED) is 0.629. The number of hydrogen-bond donors (Lipinski definition) is 0. The zero-order valence-corrected chi connectivity index (χ0v) is 9.51. The third-order valence-corrected chi connectivity index (χ3v) is 2.58. The average molecular weight is 275 g/mol. The van der Waals surface area contributed by atoms with Crippen LogP contribution in [0.25, 0.3) is 0 Å². The lowest BCUT2D eigenvalue weighted by Crippen LogP contribution is -2.09. The molecule has 0 radical (unpaired) electrons. The highest BCUT2D eigenvalue weighted by molar-refractivity contribution is 9.10. The van der Waals surface area contributed by atoms with E-state index in [-0.39, 0.29) is 22.2 Å². The first-order chi connectivity index (χ1) is 7.11. The summed E-state index contributed by atoms with van der Waals surface area (Å²) in [5.41, 5.74) is -0.0408. The Morgan fingerprint density at radius 3 is 2.80 bits per heavy atom. The normalized spacial score (nSPS) is 9.80. The van der Waals surface area contributed by atoms with Crippen molar-refractivity contribution in [3.05, 3.63) is 33.5 Å². The lowest BCUT2D eigenvalue weighted by molar-refractivity contribution is 0.0520. The molecule has 3 nitrogen and oxygen atoms in total. The summed E-state index contributed by atoms with van der Waals surface area (Å²) in [4.78, 5) is 21.9. The molecule has 80 valence electrons. The van der Waals surface area contributed by atoms with Gasteiger partial charge in [-0.1, -0.05) is 0 Å². The summed E-state index contributed by atoms with van der Waals surface area (Å²) in [5.74, 6) is -1.50. The van der Waals surface area contributed by atoms with Crippen LogP contribution in [0.5, 0.6) is 0 Å². The van der Waals surface area contributed by atoms with Gasteiger partial charge in [-0.05, 0) is 35.0 Å². The average Bonchev–Trinajstić information content (AvgIpc) is 2.18. The summed E-state index contributed by atoms with van der Waals surface area (Å²) < 4.78 is 18.1. The molecule has 1 rings (SSSR count). The number of rotatable bonds is 3. The van der Waals surface area contributed by atoms with E-state index in [9.17, 15) is 14.0 Å². The summed E-state index contributed by atoms with van der Waals surface area (Å²) in [7, 11) is 0. The molecule has 1 aromatic carbocycles. The van der Waals surface area contributed by atoms with Gasteiger partial charge in [0.1, 0.15) is 11.4 Å². The first kappa shape index (κ1) is 11.8. The Balaban J connectivity index is 3.26. The molecule has 0 fully saturated rings. The Morgan fingerprint density at radius 1 is 1.60 bits per heavy atom. The number of carbonyl (C=O) groups excluding carboxylic acids is 2. The predicted molar refractivity (Wildman–Crippen MR) is 55.4 cm³/mol. The van der Waals surface area contributed by atoms with Gasteiger partial charge in [0, 0.05) is 10.0 Å². The van der Waals surface area contributed by atoms with E-state index in [2.05, 4.69) is 20.7 Å². The fraction of sp³-hybridized carbons (Fsp3) is 0.200. The lowest BCUT2D eigenvalue weighted by Gasteiger charge is -2.06. The summed E-state index contributed by atoms with van der Waals surface area (Å²) in [6, 6.07) is 2.34.